The highest BCUT2D eigenvalue weighted by Crippen LogP contribution is 2.28. The third-order valence-corrected chi connectivity index (χ3v) is 8.76. The van der Waals surface area contributed by atoms with Crippen LogP contribution in [-0.4, -0.2) is 50.8 Å². The molecule has 1 atom stereocenters. The van der Waals surface area contributed by atoms with Crippen LogP contribution in [0.5, 0.6) is 0 Å². The zero-order valence-corrected chi connectivity index (χ0v) is 25.0. The summed E-state index contributed by atoms with van der Waals surface area (Å²) < 4.78 is 29.1. The molecule has 0 aromatic heterocycles. The van der Waals surface area contributed by atoms with E-state index < -0.39 is 28.5 Å². The van der Waals surface area contributed by atoms with Crippen LogP contribution in [-0.2, 0) is 26.0 Å². The summed E-state index contributed by atoms with van der Waals surface area (Å²) in [4.78, 5) is 28.6. The first-order chi connectivity index (χ1) is 19.0. The fraction of sp³-hybridized carbons (Fsp3) is 0.375. The summed E-state index contributed by atoms with van der Waals surface area (Å²) in [6.45, 7) is 9.77. The molecule has 3 rings (SSSR count). The van der Waals surface area contributed by atoms with Gasteiger partial charge in [0.25, 0.3) is 10.0 Å². The fourth-order valence-corrected chi connectivity index (χ4v) is 6.02. The molecule has 7 nitrogen and oxygen atoms in total. The molecule has 0 aliphatic carbocycles. The predicted molar refractivity (Wildman–Crippen MR) is 161 cm³/mol. The number of anilines is 1. The molecule has 3 aromatic rings. The Morgan fingerprint density at radius 2 is 1.55 bits per heavy atom. The first-order valence-electron chi connectivity index (χ1n) is 13.8. The van der Waals surface area contributed by atoms with Crippen molar-refractivity contribution in [3.63, 3.8) is 0 Å². The quantitative estimate of drug-likeness (QED) is 0.290. The predicted octanol–water partition coefficient (Wildman–Crippen LogP) is 5.18. The number of sulfonamides is 1. The molecule has 0 aliphatic heterocycles. The van der Waals surface area contributed by atoms with Gasteiger partial charge < -0.3 is 10.2 Å². The van der Waals surface area contributed by atoms with Crippen molar-refractivity contribution in [3.05, 3.63) is 95.1 Å². The Bertz CT molecular complexity index is 1390. The molecule has 0 saturated heterocycles. The normalized spacial score (nSPS) is 12.0. The van der Waals surface area contributed by atoms with E-state index in [-0.39, 0.29) is 17.3 Å². The molecular formula is C32H41N3O4S. The highest BCUT2D eigenvalue weighted by molar-refractivity contribution is 7.92. The van der Waals surface area contributed by atoms with Gasteiger partial charge >= 0.3 is 0 Å². The molecule has 0 aliphatic rings. The van der Waals surface area contributed by atoms with Gasteiger partial charge in [0, 0.05) is 13.1 Å². The number of nitrogens with one attached hydrogen (secondary N) is 1. The second-order valence-electron chi connectivity index (χ2n) is 10.3. The van der Waals surface area contributed by atoms with Crippen molar-refractivity contribution in [2.24, 2.45) is 0 Å². The monoisotopic (exact) mass is 563 g/mol. The molecule has 0 bridgehead atoms. The van der Waals surface area contributed by atoms with Gasteiger partial charge in [-0.15, -0.1) is 0 Å². The van der Waals surface area contributed by atoms with Crippen LogP contribution in [0, 0.1) is 20.8 Å². The summed E-state index contributed by atoms with van der Waals surface area (Å²) in [5, 5.41) is 2.91. The zero-order valence-electron chi connectivity index (χ0n) is 24.2. The molecular weight excluding hydrogens is 522 g/mol. The average Bonchev–Trinajstić information content (AvgIpc) is 2.93. The second kappa shape index (κ2) is 14.1. The lowest BCUT2D eigenvalue weighted by molar-refractivity contribution is -0.138. The molecule has 2 amide bonds. The van der Waals surface area contributed by atoms with Crippen molar-refractivity contribution in [2.75, 3.05) is 23.9 Å². The van der Waals surface area contributed by atoms with Crippen LogP contribution in [0.25, 0.3) is 0 Å². The molecule has 0 saturated carbocycles. The lowest BCUT2D eigenvalue weighted by Gasteiger charge is -2.32. The van der Waals surface area contributed by atoms with Gasteiger partial charge in [-0.05, 0) is 69.9 Å². The maximum atomic E-state index is 14.0. The van der Waals surface area contributed by atoms with Crippen LogP contribution < -0.4 is 9.62 Å². The van der Waals surface area contributed by atoms with Crippen molar-refractivity contribution in [1.29, 1.82) is 0 Å². The number of carbonyl (C=O) groups excluding carboxylic acids is 2. The minimum absolute atomic E-state index is 0.104. The van der Waals surface area contributed by atoms with Crippen LogP contribution in [0.3, 0.4) is 0 Å². The topological polar surface area (TPSA) is 86.8 Å². The van der Waals surface area contributed by atoms with Crippen molar-refractivity contribution in [3.8, 4) is 0 Å². The van der Waals surface area contributed by atoms with Crippen LogP contribution >= 0.6 is 0 Å². The summed E-state index contributed by atoms with van der Waals surface area (Å²) in [6, 6.07) is 21.0. The van der Waals surface area contributed by atoms with Gasteiger partial charge in [0.05, 0.1) is 10.6 Å². The van der Waals surface area contributed by atoms with Crippen LogP contribution in [0.15, 0.2) is 77.7 Å². The first kappa shape index (κ1) is 30.9. The first-order valence-corrected chi connectivity index (χ1v) is 15.3. The van der Waals surface area contributed by atoms with Gasteiger partial charge in [-0.25, -0.2) is 8.42 Å². The Hall–Kier alpha value is -3.65. The minimum Gasteiger partial charge on any atom is -0.354 e. The van der Waals surface area contributed by atoms with Gasteiger partial charge in [-0.2, -0.15) is 0 Å². The highest BCUT2D eigenvalue weighted by atomic mass is 32.2. The number of rotatable bonds is 13. The van der Waals surface area contributed by atoms with Gasteiger partial charge in [0.2, 0.25) is 11.8 Å². The van der Waals surface area contributed by atoms with Crippen molar-refractivity contribution in [1.82, 2.24) is 10.2 Å². The largest absolute Gasteiger partial charge is 0.354 e. The highest BCUT2D eigenvalue weighted by Gasteiger charge is 2.32. The Labute approximate surface area is 239 Å². The van der Waals surface area contributed by atoms with E-state index in [1.807, 2.05) is 70.2 Å². The lowest BCUT2D eigenvalue weighted by Crippen LogP contribution is -2.52. The summed E-state index contributed by atoms with van der Waals surface area (Å²) >= 11 is 0. The number of unbranched alkanes of at least 4 members (excludes halogenated alkanes) is 1. The van der Waals surface area contributed by atoms with Crippen molar-refractivity contribution in [2.45, 2.75) is 64.8 Å². The van der Waals surface area contributed by atoms with E-state index in [0.717, 1.165) is 35.1 Å². The van der Waals surface area contributed by atoms with Crippen LogP contribution in [0.2, 0.25) is 0 Å². The Morgan fingerprint density at radius 3 is 2.17 bits per heavy atom. The molecule has 1 N–H and O–H groups in total. The Balaban J connectivity index is 1.98. The number of nitrogens with zero attached hydrogens (tertiary/aromatic N) is 2. The Kier molecular flexibility index (Phi) is 10.9. The SMILES string of the molecule is CCCCNC(=O)C(C)N(CCc1ccccc1)C(=O)CN(c1ccc(C)cc1C)S(=O)(=O)c1ccc(C)cc1. The molecule has 40 heavy (non-hydrogen) atoms. The summed E-state index contributed by atoms with van der Waals surface area (Å²) in [5.41, 5.74) is 4.12. The molecule has 8 heteroatoms. The summed E-state index contributed by atoms with van der Waals surface area (Å²) in [6.07, 6.45) is 2.31. The minimum atomic E-state index is -4.08. The lowest BCUT2D eigenvalue weighted by atomic mass is 10.1. The van der Waals surface area contributed by atoms with Crippen LogP contribution in [0.1, 0.15) is 48.9 Å². The maximum absolute atomic E-state index is 14.0. The van der Waals surface area contributed by atoms with E-state index in [4.69, 9.17) is 0 Å². The summed E-state index contributed by atoms with van der Waals surface area (Å²) in [7, 11) is -4.08. The molecule has 0 spiro atoms. The van der Waals surface area contributed by atoms with E-state index in [1.165, 1.54) is 9.21 Å². The fourth-order valence-electron chi connectivity index (χ4n) is 4.54. The number of hydrogen-bond donors (Lipinski definition) is 1. The zero-order chi connectivity index (χ0) is 29.3. The molecule has 0 fully saturated rings. The molecule has 0 radical (unpaired) electrons. The van der Waals surface area contributed by atoms with Crippen molar-refractivity contribution < 1.29 is 18.0 Å². The second-order valence-corrected chi connectivity index (χ2v) is 12.1. The molecule has 1 unspecified atom stereocenters. The maximum Gasteiger partial charge on any atom is 0.264 e. The van der Waals surface area contributed by atoms with E-state index in [0.29, 0.717) is 18.7 Å². The van der Waals surface area contributed by atoms with E-state index in [2.05, 4.69) is 5.32 Å². The van der Waals surface area contributed by atoms with Crippen LogP contribution in [0.4, 0.5) is 5.69 Å². The Morgan fingerprint density at radius 1 is 0.900 bits per heavy atom. The number of hydrogen-bond acceptors (Lipinski definition) is 4. The number of amides is 2. The molecule has 3 aromatic carbocycles. The summed E-state index contributed by atoms with van der Waals surface area (Å²) in [5.74, 6) is -0.695. The molecule has 214 valence electrons. The smallest absolute Gasteiger partial charge is 0.264 e. The molecule has 0 heterocycles. The van der Waals surface area contributed by atoms with Crippen molar-refractivity contribution >= 4 is 27.5 Å². The third kappa shape index (κ3) is 7.94. The number of carbonyl (C=O) groups is 2. The van der Waals surface area contributed by atoms with Gasteiger partial charge in [-0.1, -0.05) is 79.1 Å². The van der Waals surface area contributed by atoms with E-state index in [1.54, 1.807) is 37.3 Å². The van der Waals surface area contributed by atoms with Gasteiger partial charge in [0.1, 0.15) is 12.6 Å². The average molecular weight is 564 g/mol. The van der Waals surface area contributed by atoms with Gasteiger partial charge in [0.15, 0.2) is 0 Å². The number of benzene rings is 3. The standard InChI is InChI=1S/C32H41N3O4S/c1-6-7-20-33-32(37)27(5)34(21-19-28-11-9-8-10-12-28)31(36)23-35(30-18-15-25(3)22-26(30)4)40(38,39)29-16-13-24(2)14-17-29/h8-18,22,27H,6-7,19-21,23H2,1-5H3,(H,33,37). The number of aryl methyl sites for hydroxylation is 3. The van der Waals surface area contributed by atoms with E-state index >= 15 is 0 Å². The van der Waals surface area contributed by atoms with Gasteiger partial charge in [-0.3, -0.25) is 13.9 Å². The third-order valence-electron chi connectivity index (χ3n) is 6.99. The van der Waals surface area contributed by atoms with E-state index in [9.17, 15) is 18.0 Å².